The Hall–Kier alpha value is -2.28. The maximum Gasteiger partial charge on any atom is 0.419 e. The van der Waals surface area contributed by atoms with Gasteiger partial charge in [0.1, 0.15) is 0 Å². The number of hydrogen-bond donors (Lipinski definition) is 1. The summed E-state index contributed by atoms with van der Waals surface area (Å²) in [5.74, 6) is -0.366. The Morgan fingerprint density at radius 3 is 2.68 bits per heavy atom. The van der Waals surface area contributed by atoms with Crippen molar-refractivity contribution in [2.24, 2.45) is 5.73 Å². The summed E-state index contributed by atoms with van der Waals surface area (Å²) >= 11 is 5.93. The van der Waals surface area contributed by atoms with Crippen molar-refractivity contribution in [3.05, 3.63) is 69.7 Å². The number of rotatable bonds is 4. The molecule has 1 amide bonds. The summed E-state index contributed by atoms with van der Waals surface area (Å²) in [6.45, 7) is 1.38. The standard InChI is InChI=1S/C20H20ClN3O3.ClH/c21-14-6-7-17-18(10-14)27-20(26)24(17)9-8-19(25)23-11-15(16(22)12-23)13-4-2-1-3-5-13;/h1-7,10,15-16H,8-9,11-12,22H2;1H/t15-,16+;/m0./s1. The van der Waals surface area contributed by atoms with Gasteiger partial charge in [0.05, 0.1) is 5.52 Å². The van der Waals surface area contributed by atoms with Crippen LogP contribution in [0.4, 0.5) is 0 Å². The molecule has 1 saturated heterocycles. The fourth-order valence-electron chi connectivity index (χ4n) is 3.70. The maximum absolute atomic E-state index is 12.7. The molecule has 8 heteroatoms. The van der Waals surface area contributed by atoms with Gasteiger partial charge < -0.3 is 15.1 Å². The Morgan fingerprint density at radius 1 is 1.18 bits per heavy atom. The summed E-state index contributed by atoms with van der Waals surface area (Å²) in [7, 11) is 0. The lowest BCUT2D eigenvalue weighted by molar-refractivity contribution is -0.130. The first-order valence-electron chi connectivity index (χ1n) is 8.90. The van der Waals surface area contributed by atoms with Crippen LogP contribution in [0, 0.1) is 0 Å². The molecule has 0 radical (unpaired) electrons. The lowest BCUT2D eigenvalue weighted by atomic mass is 9.95. The highest BCUT2D eigenvalue weighted by Gasteiger charge is 2.33. The minimum Gasteiger partial charge on any atom is -0.408 e. The van der Waals surface area contributed by atoms with Gasteiger partial charge in [-0.1, -0.05) is 41.9 Å². The SMILES string of the molecule is Cl.N[C@@H]1CN(C(=O)CCn2c(=O)oc3cc(Cl)ccc32)C[C@H]1c1ccccc1. The molecule has 2 aromatic carbocycles. The van der Waals surface area contributed by atoms with Crippen molar-refractivity contribution in [2.75, 3.05) is 13.1 Å². The first kappa shape index (κ1) is 20.5. The maximum atomic E-state index is 12.7. The molecule has 1 aromatic heterocycles. The normalized spacial score (nSPS) is 19.0. The molecule has 0 spiro atoms. The number of likely N-dealkylation sites (tertiary alicyclic amines) is 1. The molecule has 6 nitrogen and oxygen atoms in total. The van der Waals surface area contributed by atoms with E-state index in [1.165, 1.54) is 4.57 Å². The number of aromatic nitrogens is 1. The van der Waals surface area contributed by atoms with Crippen LogP contribution in [0.2, 0.25) is 5.02 Å². The highest BCUT2D eigenvalue weighted by atomic mass is 35.5. The number of hydrogen-bond acceptors (Lipinski definition) is 4. The van der Waals surface area contributed by atoms with Crippen molar-refractivity contribution >= 4 is 41.0 Å². The molecule has 28 heavy (non-hydrogen) atoms. The third-order valence-corrected chi connectivity index (χ3v) is 5.36. The number of carbonyl (C=O) groups excluding carboxylic acids is 1. The minimum atomic E-state index is -0.486. The minimum absolute atomic E-state index is 0. The van der Waals surface area contributed by atoms with Crippen LogP contribution < -0.4 is 11.5 Å². The number of nitrogens with two attached hydrogens (primary N) is 1. The largest absolute Gasteiger partial charge is 0.419 e. The van der Waals surface area contributed by atoms with Gasteiger partial charge >= 0.3 is 5.76 Å². The van der Waals surface area contributed by atoms with Crippen molar-refractivity contribution in [2.45, 2.75) is 24.9 Å². The van der Waals surface area contributed by atoms with E-state index in [1.807, 2.05) is 30.3 Å². The van der Waals surface area contributed by atoms with Gasteiger partial charge in [0.2, 0.25) is 5.91 Å². The van der Waals surface area contributed by atoms with Crippen LogP contribution >= 0.6 is 24.0 Å². The molecule has 0 saturated carbocycles. The number of carbonyl (C=O) groups is 1. The first-order valence-corrected chi connectivity index (χ1v) is 9.28. The molecular formula is C20H21Cl2N3O3. The van der Waals surface area contributed by atoms with Crippen molar-refractivity contribution in [1.82, 2.24) is 9.47 Å². The summed E-state index contributed by atoms with van der Waals surface area (Å²) in [6, 6.07) is 14.9. The molecule has 2 N–H and O–H groups in total. The lowest BCUT2D eigenvalue weighted by Crippen LogP contribution is -2.33. The summed E-state index contributed by atoms with van der Waals surface area (Å²) in [4.78, 5) is 26.5. The van der Waals surface area contributed by atoms with E-state index >= 15 is 0 Å². The summed E-state index contributed by atoms with van der Waals surface area (Å²) < 4.78 is 6.67. The van der Waals surface area contributed by atoms with E-state index in [4.69, 9.17) is 21.8 Å². The van der Waals surface area contributed by atoms with E-state index < -0.39 is 5.76 Å². The molecule has 0 bridgehead atoms. The van der Waals surface area contributed by atoms with E-state index in [0.717, 1.165) is 5.56 Å². The molecule has 1 fully saturated rings. The van der Waals surface area contributed by atoms with Crippen LogP contribution in [0.1, 0.15) is 17.9 Å². The second-order valence-electron chi connectivity index (χ2n) is 6.86. The van der Waals surface area contributed by atoms with E-state index in [1.54, 1.807) is 23.1 Å². The van der Waals surface area contributed by atoms with Gasteiger partial charge in [-0.25, -0.2) is 4.79 Å². The molecule has 2 heterocycles. The van der Waals surface area contributed by atoms with E-state index in [9.17, 15) is 9.59 Å². The molecule has 0 unspecified atom stereocenters. The van der Waals surface area contributed by atoms with Gasteiger partial charge in [0.25, 0.3) is 0 Å². The van der Waals surface area contributed by atoms with Crippen LogP contribution in [-0.2, 0) is 11.3 Å². The molecular weight excluding hydrogens is 401 g/mol. The predicted octanol–water partition coefficient (Wildman–Crippen LogP) is 3.01. The summed E-state index contributed by atoms with van der Waals surface area (Å²) in [6.07, 6.45) is 0.214. The fraction of sp³-hybridized carbons (Fsp3) is 0.300. The molecule has 2 atom stereocenters. The topological polar surface area (TPSA) is 81.5 Å². The number of benzene rings is 2. The fourth-order valence-corrected chi connectivity index (χ4v) is 3.87. The second kappa shape index (κ2) is 8.39. The Labute approximate surface area is 173 Å². The molecule has 3 aromatic rings. The van der Waals surface area contributed by atoms with Crippen LogP contribution in [0.15, 0.2) is 57.7 Å². The molecule has 148 valence electrons. The lowest BCUT2D eigenvalue weighted by Gasteiger charge is -2.16. The number of aryl methyl sites for hydroxylation is 1. The zero-order chi connectivity index (χ0) is 19.0. The number of nitrogens with zero attached hydrogens (tertiary/aromatic N) is 2. The molecule has 4 rings (SSSR count). The highest BCUT2D eigenvalue weighted by Crippen LogP contribution is 2.27. The number of fused-ring (bicyclic) bond motifs is 1. The monoisotopic (exact) mass is 421 g/mol. The zero-order valence-corrected chi connectivity index (χ0v) is 16.7. The first-order chi connectivity index (χ1) is 13.0. The molecule has 1 aliphatic rings. The smallest absolute Gasteiger partial charge is 0.408 e. The van der Waals surface area contributed by atoms with Gasteiger partial charge in [-0.05, 0) is 17.7 Å². The third kappa shape index (κ3) is 3.94. The average Bonchev–Trinajstić information content (AvgIpc) is 3.19. The summed E-state index contributed by atoms with van der Waals surface area (Å²) in [5, 5.41) is 0.498. The Bertz CT molecular complexity index is 1030. The van der Waals surface area contributed by atoms with Crippen LogP contribution in [0.25, 0.3) is 11.1 Å². The highest BCUT2D eigenvalue weighted by molar-refractivity contribution is 6.31. The molecule has 0 aliphatic carbocycles. The van der Waals surface area contributed by atoms with Crippen LogP contribution in [0.5, 0.6) is 0 Å². The van der Waals surface area contributed by atoms with E-state index in [-0.39, 0.29) is 43.2 Å². The van der Waals surface area contributed by atoms with Crippen molar-refractivity contribution in [3.8, 4) is 0 Å². The van der Waals surface area contributed by atoms with Crippen molar-refractivity contribution in [3.63, 3.8) is 0 Å². The van der Waals surface area contributed by atoms with Gasteiger partial charge in [-0.2, -0.15) is 0 Å². The summed E-state index contributed by atoms with van der Waals surface area (Å²) in [5.41, 5.74) is 8.47. The van der Waals surface area contributed by atoms with E-state index in [0.29, 0.717) is 29.2 Å². The predicted molar refractivity (Wildman–Crippen MR) is 111 cm³/mol. The van der Waals surface area contributed by atoms with Crippen molar-refractivity contribution < 1.29 is 9.21 Å². The van der Waals surface area contributed by atoms with Gasteiger partial charge in [-0.3, -0.25) is 9.36 Å². The number of halogens is 2. The quantitative estimate of drug-likeness (QED) is 0.701. The Kier molecular flexibility index (Phi) is 6.13. The van der Waals surface area contributed by atoms with Crippen LogP contribution in [0.3, 0.4) is 0 Å². The molecule has 1 aliphatic heterocycles. The van der Waals surface area contributed by atoms with Gasteiger partial charge in [-0.15, -0.1) is 12.4 Å². The number of oxazole rings is 1. The second-order valence-corrected chi connectivity index (χ2v) is 7.30. The van der Waals surface area contributed by atoms with Crippen molar-refractivity contribution in [1.29, 1.82) is 0 Å². The zero-order valence-electron chi connectivity index (χ0n) is 15.1. The van der Waals surface area contributed by atoms with Gasteiger partial charge in [0.15, 0.2) is 5.58 Å². The van der Waals surface area contributed by atoms with Crippen LogP contribution in [-0.4, -0.2) is 34.5 Å². The van der Waals surface area contributed by atoms with Gasteiger partial charge in [0, 0.05) is 49.1 Å². The number of amides is 1. The average molecular weight is 422 g/mol. The third-order valence-electron chi connectivity index (χ3n) is 5.13. The van der Waals surface area contributed by atoms with E-state index in [2.05, 4.69) is 0 Å². The Balaban J connectivity index is 0.00000225. The Morgan fingerprint density at radius 2 is 1.93 bits per heavy atom.